The topological polar surface area (TPSA) is 20.2 Å². The van der Waals surface area contributed by atoms with Crippen LogP contribution in [0.5, 0.6) is 5.75 Å². The summed E-state index contributed by atoms with van der Waals surface area (Å²) in [5.41, 5.74) is 4.68. The lowest BCUT2D eigenvalue weighted by Crippen LogP contribution is -1.91. The number of benzene rings is 6. The van der Waals surface area contributed by atoms with Gasteiger partial charge >= 0.3 is 0 Å². The van der Waals surface area contributed by atoms with Gasteiger partial charge in [0.2, 0.25) is 0 Å². The van der Waals surface area contributed by atoms with Crippen molar-refractivity contribution < 1.29 is 5.11 Å². The Morgan fingerprint density at radius 3 is 1.52 bits per heavy atom. The second-order valence-corrected chi connectivity index (χ2v) is 7.92. The van der Waals surface area contributed by atoms with E-state index in [4.69, 9.17) is 0 Å². The minimum absolute atomic E-state index is 0.286. The molecule has 146 valence electrons. The van der Waals surface area contributed by atoms with Gasteiger partial charge < -0.3 is 5.11 Å². The van der Waals surface area contributed by atoms with E-state index < -0.39 is 0 Å². The molecule has 0 aliphatic carbocycles. The molecule has 0 aromatic heterocycles. The fourth-order valence-corrected chi connectivity index (χ4v) is 4.84. The smallest absolute Gasteiger partial charge is 0.116 e. The Bertz CT molecular complexity index is 1520. The highest BCUT2D eigenvalue weighted by atomic mass is 16.3. The third-order valence-corrected chi connectivity index (χ3v) is 6.11. The molecule has 0 fully saturated rings. The molecular formula is C30H20O. The maximum absolute atomic E-state index is 10.5. The molecule has 0 radical (unpaired) electrons. The number of rotatable bonds is 2. The van der Waals surface area contributed by atoms with Gasteiger partial charge in [0.1, 0.15) is 5.75 Å². The Hall–Kier alpha value is -4.10. The monoisotopic (exact) mass is 396 g/mol. The summed E-state index contributed by atoms with van der Waals surface area (Å²) in [6, 6.07) is 39.8. The second-order valence-electron chi connectivity index (χ2n) is 7.92. The van der Waals surface area contributed by atoms with Crippen LogP contribution in [0.25, 0.3) is 54.6 Å². The average Bonchev–Trinajstić information content (AvgIpc) is 2.82. The summed E-state index contributed by atoms with van der Waals surface area (Å²) in [7, 11) is 0. The second kappa shape index (κ2) is 7.00. The molecule has 1 heteroatoms. The number of hydrogen-bond acceptors (Lipinski definition) is 1. The summed E-state index contributed by atoms with van der Waals surface area (Å²) in [5, 5.41) is 17.5. The van der Waals surface area contributed by atoms with Gasteiger partial charge in [-0.25, -0.2) is 0 Å². The molecule has 0 atom stereocenters. The maximum Gasteiger partial charge on any atom is 0.116 e. The quantitative estimate of drug-likeness (QED) is 0.293. The van der Waals surface area contributed by atoms with Crippen LogP contribution in [0.1, 0.15) is 0 Å². The fourth-order valence-electron chi connectivity index (χ4n) is 4.84. The van der Waals surface area contributed by atoms with Gasteiger partial charge in [-0.2, -0.15) is 0 Å². The molecule has 1 N–H and O–H groups in total. The standard InChI is InChI=1S/C30H20O/c31-22-18-21-12-4-5-13-23(21)28(19-22)30-26-16-8-6-14-24(26)29(20-10-2-1-3-11-20)25-15-7-9-17-27(25)30/h1-19,31H. The van der Waals surface area contributed by atoms with Gasteiger partial charge in [0.05, 0.1) is 0 Å². The van der Waals surface area contributed by atoms with Crippen LogP contribution in [-0.2, 0) is 0 Å². The molecule has 0 saturated heterocycles. The zero-order valence-electron chi connectivity index (χ0n) is 16.9. The minimum Gasteiger partial charge on any atom is -0.508 e. The number of fused-ring (bicyclic) bond motifs is 3. The predicted molar refractivity (Wildman–Crippen MR) is 131 cm³/mol. The molecule has 0 saturated carbocycles. The van der Waals surface area contributed by atoms with E-state index in [0.29, 0.717) is 0 Å². The first-order valence-electron chi connectivity index (χ1n) is 10.5. The number of hydrogen-bond donors (Lipinski definition) is 1. The third kappa shape index (κ3) is 2.78. The van der Waals surface area contributed by atoms with Crippen molar-refractivity contribution in [2.24, 2.45) is 0 Å². The van der Waals surface area contributed by atoms with Gasteiger partial charge in [0.15, 0.2) is 0 Å². The van der Waals surface area contributed by atoms with E-state index in [1.165, 1.54) is 32.7 Å². The first-order valence-corrected chi connectivity index (χ1v) is 10.5. The lowest BCUT2D eigenvalue weighted by molar-refractivity contribution is 0.476. The third-order valence-electron chi connectivity index (χ3n) is 6.11. The zero-order chi connectivity index (χ0) is 20.8. The normalized spacial score (nSPS) is 11.4. The van der Waals surface area contributed by atoms with Crippen molar-refractivity contribution in [3.63, 3.8) is 0 Å². The van der Waals surface area contributed by atoms with Crippen molar-refractivity contribution in [3.05, 3.63) is 115 Å². The van der Waals surface area contributed by atoms with Crippen molar-refractivity contribution >= 4 is 32.3 Å². The van der Waals surface area contributed by atoms with E-state index >= 15 is 0 Å². The Kier molecular flexibility index (Phi) is 4.00. The van der Waals surface area contributed by atoms with Crippen molar-refractivity contribution in [3.8, 4) is 28.0 Å². The molecule has 0 amide bonds. The maximum atomic E-state index is 10.5. The number of phenolic OH excluding ortho intramolecular Hbond substituents is 1. The number of phenols is 1. The molecule has 0 unspecified atom stereocenters. The van der Waals surface area contributed by atoms with Crippen molar-refractivity contribution in [1.82, 2.24) is 0 Å². The van der Waals surface area contributed by atoms with E-state index in [0.717, 1.165) is 21.9 Å². The minimum atomic E-state index is 0.286. The molecule has 31 heavy (non-hydrogen) atoms. The van der Waals surface area contributed by atoms with Crippen LogP contribution in [-0.4, -0.2) is 5.11 Å². The summed E-state index contributed by atoms with van der Waals surface area (Å²) >= 11 is 0. The molecule has 0 bridgehead atoms. The predicted octanol–water partition coefficient (Wildman–Crippen LogP) is 8.19. The number of aromatic hydroxyl groups is 1. The summed E-state index contributed by atoms with van der Waals surface area (Å²) in [5.74, 6) is 0.286. The van der Waals surface area contributed by atoms with Crippen LogP contribution < -0.4 is 0 Å². The molecule has 6 aromatic rings. The first-order chi connectivity index (χ1) is 15.3. The van der Waals surface area contributed by atoms with Gasteiger partial charge in [-0.05, 0) is 66.7 Å². The zero-order valence-corrected chi connectivity index (χ0v) is 16.9. The highest BCUT2D eigenvalue weighted by Crippen LogP contribution is 2.45. The Balaban J connectivity index is 1.86. The lowest BCUT2D eigenvalue weighted by Gasteiger charge is -2.19. The molecule has 0 aliphatic rings. The van der Waals surface area contributed by atoms with Crippen LogP contribution in [0, 0.1) is 0 Å². The summed E-state index contributed by atoms with van der Waals surface area (Å²) in [6.07, 6.45) is 0. The molecular weight excluding hydrogens is 376 g/mol. The van der Waals surface area contributed by atoms with Gasteiger partial charge in [0.25, 0.3) is 0 Å². The Morgan fingerprint density at radius 2 is 0.903 bits per heavy atom. The van der Waals surface area contributed by atoms with Gasteiger partial charge in [-0.15, -0.1) is 0 Å². The SMILES string of the molecule is Oc1cc(-c2c3ccccc3c(-c3ccccc3)c3ccccc23)c2ccccc2c1. The Labute approximate surface area is 180 Å². The van der Waals surface area contributed by atoms with Gasteiger partial charge in [-0.1, -0.05) is 103 Å². The Morgan fingerprint density at radius 1 is 0.419 bits per heavy atom. The van der Waals surface area contributed by atoms with Crippen LogP contribution in [0.4, 0.5) is 0 Å². The van der Waals surface area contributed by atoms with E-state index in [9.17, 15) is 5.11 Å². The summed E-state index contributed by atoms with van der Waals surface area (Å²) < 4.78 is 0. The summed E-state index contributed by atoms with van der Waals surface area (Å²) in [4.78, 5) is 0. The summed E-state index contributed by atoms with van der Waals surface area (Å²) in [6.45, 7) is 0. The van der Waals surface area contributed by atoms with Crippen molar-refractivity contribution in [2.45, 2.75) is 0 Å². The van der Waals surface area contributed by atoms with E-state index in [1.807, 2.05) is 18.2 Å². The molecule has 1 nitrogen and oxygen atoms in total. The molecule has 6 aromatic carbocycles. The van der Waals surface area contributed by atoms with Crippen LogP contribution in [0.3, 0.4) is 0 Å². The fraction of sp³-hybridized carbons (Fsp3) is 0. The van der Waals surface area contributed by atoms with Crippen LogP contribution in [0.15, 0.2) is 115 Å². The van der Waals surface area contributed by atoms with E-state index in [-0.39, 0.29) is 5.75 Å². The van der Waals surface area contributed by atoms with Crippen molar-refractivity contribution in [1.29, 1.82) is 0 Å². The molecule has 0 heterocycles. The van der Waals surface area contributed by atoms with E-state index in [1.54, 1.807) is 0 Å². The van der Waals surface area contributed by atoms with E-state index in [2.05, 4.69) is 97.1 Å². The van der Waals surface area contributed by atoms with Crippen LogP contribution >= 0.6 is 0 Å². The largest absolute Gasteiger partial charge is 0.508 e. The molecule has 0 aliphatic heterocycles. The van der Waals surface area contributed by atoms with Gasteiger partial charge in [0, 0.05) is 0 Å². The lowest BCUT2D eigenvalue weighted by atomic mass is 9.84. The average molecular weight is 396 g/mol. The first kappa shape index (κ1) is 17.7. The molecule has 6 rings (SSSR count). The molecule has 0 spiro atoms. The van der Waals surface area contributed by atoms with Gasteiger partial charge in [-0.3, -0.25) is 0 Å². The highest BCUT2D eigenvalue weighted by molar-refractivity contribution is 6.23. The van der Waals surface area contributed by atoms with Crippen molar-refractivity contribution in [2.75, 3.05) is 0 Å². The van der Waals surface area contributed by atoms with Crippen LogP contribution in [0.2, 0.25) is 0 Å². The highest BCUT2D eigenvalue weighted by Gasteiger charge is 2.18.